The lowest BCUT2D eigenvalue weighted by Crippen LogP contribution is -2.42. The van der Waals surface area contributed by atoms with Crippen molar-refractivity contribution in [1.82, 2.24) is 25.1 Å². The molecule has 1 aromatic heterocycles. The molecule has 0 aliphatic carbocycles. The van der Waals surface area contributed by atoms with Gasteiger partial charge in [-0.2, -0.15) is 4.68 Å². The Hall–Kier alpha value is -2.14. The molecule has 1 aromatic carbocycles. The minimum absolute atomic E-state index is 0.0425. The van der Waals surface area contributed by atoms with Gasteiger partial charge in [-0.15, -0.1) is 5.10 Å². The summed E-state index contributed by atoms with van der Waals surface area (Å²) in [6.07, 6.45) is 0.496. The molecule has 1 saturated heterocycles. The summed E-state index contributed by atoms with van der Waals surface area (Å²) in [6, 6.07) is 7.00. The van der Waals surface area contributed by atoms with Crippen LogP contribution in [0.2, 0.25) is 0 Å². The molecule has 0 spiro atoms. The summed E-state index contributed by atoms with van der Waals surface area (Å²) in [6.45, 7) is 2.33. The van der Waals surface area contributed by atoms with E-state index in [1.165, 1.54) is 11.8 Å². The van der Waals surface area contributed by atoms with Gasteiger partial charge in [-0.25, -0.2) is 8.42 Å². The molecule has 1 aliphatic rings. The molecule has 2 aromatic rings. The van der Waals surface area contributed by atoms with E-state index in [0.717, 1.165) is 11.4 Å². The molecule has 27 heavy (non-hydrogen) atoms. The van der Waals surface area contributed by atoms with Gasteiger partial charge < -0.3 is 9.64 Å². The van der Waals surface area contributed by atoms with Gasteiger partial charge in [0.15, 0.2) is 9.84 Å². The van der Waals surface area contributed by atoms with Crippen LogP contribution in [0.25, 0.3) is 5.69 Å². The average Bonchev–Trinajstić information content (AvgIpc) is 3.27. The molecule has 146 valence electrons. The van der Waals surface area contributed by atoms with Crippen LogP contribution in [0.15, 0.2) is 29.4 Å². The standard InChI is InChI=1S/C16H21N5O4S2/c1-3-20(13-8-9-27(23,24)11-13)15(22)10-26-16-17-18-19-21(16)12-4-6-14(25-2)7-5-12/h4-7,13H,3,8-11H2,1-2H3/t13-/m1/s1. The molecule has 9 nitrogen and oxygen atoms in total. The highest BCUT2D eigenvalue weighted by molar-refractivity contribution is 7.99. The van der Waals surface area contributed by atoms with Crippen molar-refractivity contribution in [3.63, 3.8) is 0 Å². The second-order valence-electron chi connectivity index (χ2n) is 6.10. The van der Waals surface area contributed by atoms with Crippen LogP contribution in [0.4, 0.5) is 0 Å². The van der Waals surface area contributed by atoms with Crippen molar-refractivity contribution < 1.29 is 17.9 Å². The van der Waals surface area contributed by atoms with Gasteiger partial charge in [-0.1, -0.05) is 11.8 Å². The summed E-state index contributed by atoms with van der Waals surface area (Å²) < 4.78 is 30.1. The fourth-order valence-electron chi connectivity index (χ4n) is 3.02. The van der Waals surface area contributed by atoms with Gasteiger partial charge in [0.25, 0.3) is 0 Å². The number of methoxy groups -OCH3 is 1. The lowest BCUT2D eigenvalue weighted by atomic mass is 10.2. The minimum atomic E-state index is -3.04. The summed E-state index contributed by atoms with van der Waals surface area (Å²) in [4.78, 5) is 14.3. The maximum atomic E-state index is 12.6. The van der Waals surface area contributed by atoms with E-state index in [-0.39, 0.29) is 29.2 Å². The van der Waals surface area contributed by atoms with Gasteiger partial charge in [0.1, 0.15) is 5.75 Å². The molecule has 0 N–H and O–H groups in total. The van der Waals surface area contributed by atoms with E-state index in [9.17, 15) is 13.2 Å². The van der Waals surface area contributed by atoms with Gasteiger partial charge in [0, 0.05) is 12.6 Å². The predicted molar refractivity (Wildman–Crippen MR) is 101 cm³/mol. The summed E-state index contributed by atoms with van der Waals surface area (Å²) >= 11 is 1.22. The Morgan fingerprint density at radius 1 is 1.37 bits per heavy atom. The number of hydrogen-bond acceptors (Lipinski definition) is 8. The summed E-state index contributed by atoms with van der Waals surface area (Å²) in [5.74, 6) is 0.932. The number of carbonyl (C=O) groups excluding carboxylic acids is 1. The van der Waals surface area contributed by atoms with Crippen molar-refractivity contribution in [2.45, 2.75) is 24.5 Å². The van der Waals surface area contributed by atoms with Gasteiger partial charge >= 0.3 is 0 Å². The SMILES string of the molecule is CCN(C(=O)CSc1nnnn1-c1ccc(OC)cc1)[C@@H]1CCS(=O)(=O)C1. The predicted octanol–water partition coefficient (Wildman–Crippen LogP) is 0.799. The van der Waals surface area contributed by atoms with Crippen LogP contribution < -0.4 is 4.74 Å². The monoisotopic (exact) mass is 411 g/mol. The molecule has 0 bridgehead atoms. The fraction of sp³-hybridized carbons (Fsp3) is 0.500. The summed E-state index contributed by atoms with van der Waals surface area (Å²) in [5.41, 5.74) is 0.755. The summed E-state index contributed by atoms with van der Waals surface area (Å²) in [5, 5.41) is 12.1. The number of hydrogen-bond donors (Lipinski definition) is 0. The summed E-state index contributed by atoms with van der Waals surface area (Å²) in [7, 11) is -1.45. The third kappa shape index (κ3) is 4.59. The first-order chi connectivity index (χ1) is 12.9. The lowest BCUT2D eigenvalue weighted by molar-refractivity contribution is -0.129. The first-order valence-electron chi connectivity index (χ1n) is 8.49. The van der Waals surface area contributed by atoms with E-state index in [2.05, 4.69) is 15.5 Å². The second-order valence-corrected chi connectivity index (χ2v) is 9.27. The topological polar surface area (TPSA) is 107 Å². The van der Waals surface area contributed by atoms with Crippen molar-refractivity contribution in [2.75, 3.05) is 30.9 Å². The molecule has 2 heterocycles. The zero-order valence-electron chi connectivity index (χ0n) is 15.1. The number of benzene rings is 1. The van der Waals surface area contributed by atoms with E-state index in [1.807, 2.05) is 19.1 Å². The number of tetrazole rings is 1. The number of rotatable bonds is 7. The van der Waals surface area contributed by atoms with Crippen molar-refractivity contribution in [1.29, 1.82) is 0 Å². The molecule has 11 heteroatoms. The number of nitrogens with zero attached hydrogens (tertiary/aromatic N) is 5. The fourth-order valence-corrected chi connectivity index (χ4v) is 5.53. The van der Waals surface area contributed by atoms with Crippen LogP contribution in [0, 0.1) is 0 Å². The Bertz CT molecular complexity index is 898. The highest BCUT2D eigenvalue weighted by Crippen LogP contribution is 2.23. The number of carbonyl (C=O) groups is 1. The normalized spacial score (nSPS) is 18.4. The van der Waals surface area contributed by atoms with Crippen LogP contribution in [-0.2, 0) is 14.6 Å². The lowest BCUT2D eigenvalue weighted by Gasteiger charge is -2.26. The molecular weight excluding hydrogens is 390 g/mol. The number of aromatic nitrogens is 4. The first kappa shape index (κ1) is 19.6. The van der Waals surface area contributed by atoms with Crippen LogP contribution in [-0.4, -0.2) is 76.4 Å². The zero-order chi connectivity index (χ0) is 19.4. The molecule has 3 rings (SSSR count). The van der Waals surface area contributed by atoms with Crippen molar-refractivity contribution in [2.24, 2.45) is 0 Å². The molecule has 1 fully saturated rings. The molecule has 0 radical (unpaired) electrons. The van der Waals surface area contributed by atoms with Gasteiger partial charge in [-0.05, 0) is 48.0 Å². The maximum absolute atomic E-state index is 12.6. The largest absolute Gasteiger partial charge is 0.497 e. The van der Waals surface area contributed by atoms with Crippen molar-refractivity contribution in [3.05, 3.63) is 24.3 Å². The number of amides is 1. The van der Waals surface area contributed by atoms with E-state index in [0.29, 0.717) is 18.1 Å². The van der Waals surface area contributed by atoms with Gasteiger partial charge in [0.05, 0.1) is 30.1 Å². The van der Waals surface area contributed by atoms with Gasteiger partial charge in [0.2, 0.25) is 11.1 Å². The second kappa shape index (κ2) is 8.26. The molecular formula is C16H21N5O4S2. The van der Waals surface area contributed by atoms with Crippen molar-refractivity contribution >= 4 is 27.5 Å². The Balaban J connectivity index is 1.66. The van der Waals surface area contributed by atoms with Crippen LogP contribution in [0.5, 0.6) is 5.75 Å². The van der Waals surface area contributed by atoms with E-state index < -0.39 is 9.84 Å². The molecule has 0 unspecified atom stereocenters. The third-order valence-corrected chi connectivity index (χ3v) is 7.05. The van der Waals surface area contributed by atoms with E-state index in [1.54, 1.807) is 28.8 Å². The van der Waals surface area contributed by atoms with Crippen LogP contribution >= 0.6 is 11.8 Å². The van der Waals surface area contributed by atoms with E-state index >= 15 is 0 Å². The third-order valence-electron chi connectivity index (χ3n) is 4.39. The van der Waals surface area contributed by atoms with Crippen LogP contribution in [0.1, 0.15) is 13.3 Å². The molecule has 1 aliphatic heterocycles. The minimum Gasteiger partial charge on any atom is -0.497 e. The van der Waals surface area contributed by atoms with Crippen LogP contribution in [0.3, 0.4) is 0 Å². The van der Waals surface area contributed by atoms with E-state index in [4.69, 9.17) is 4.74 Å². The number of sulfone groups is 1. The van der Waals surface area contributed by atoms with Crippen molar-refractivity contribution in [3.8, 4) is 11.4 Å². The molecule has 1 atom stereocenters. The number of thioether (sulfide) groups is 1. The Kier molecular flexibility index (Phi) is 6.00. The zero-order valence-corrected chi connectivity index (χ0v) is 16.7. The maximum Gasteiger partial charge on any atom is 0.233 e. The molecule has 1 amide bonds. The quantitative estimate of drug-likeness (QED) is 0.616. The smallest absolute Gasteiger partial charge is 0.233 e. The molecule has 0 saturated carbocycles. The average molecular weight is 412 g/mol. The van der Waals surface area contributed by atoms with Gasteiger partial charge in [-0.3, -0.25) is 4.79 Å². The Labute approximate surface area is 162 Å². The first-order valence-corrected chi connectivity index (χ1v) is 11.3. The highest BCUT2D eigenvalue weighted by Gasteiger charge is 2.33. The Morgan fingerprint density at radius 3 is 2.70 bits per heavy atom. The highest BCUT2D eigenvalue weighted by atomic mass is 32.2. The number of ether oxygens (including phenoxy) is 1. The Morgan fingerprint density at radius 2 is 2.11 bits per heavy atom.